The summed E-state index contributed by atoms with van der Waals surface area (Å²) in [6.45, 7) is 8.01. The molecule has 0 radical (unpaired) electrons. The third-order valence-corrected chi connectivity index (χ3v) is 2.83. The Labute approximate surface area is 119 Å². The zero-order chi connectivity index (χ0) is 15.3. The minimum absolute atomic E-state index is 0.118. The van der Waals surface area contributed by atoms with Crippen molar-refractivity contribution in [2.75, 3.05) is 13.7 Å². The second-order valence-corrected chi connectivity index (χ2v) is 5.79. The molecule has 0 saturated heterocycles. The Hall–Kier alpha value is -1.62. The third-order valence-electron chi connectivity index (χ3n) is 2.83. The van der Waals surface area contributed by atoms with Crippen molar-refractivity contribution in [3.8, 4) is 5.75 Å². The van der Waals surface area contributed by atoms with Gasteiger partial charge in [0.15, 0.2) is 11.6 Å². The van der Waals surface area contributed by atoms with Crippen LogP contribution in [0.1, 0.15) is 39.3 Å². The summed E-state index contributed by atoms with van der Waals surface area (Å²) in [5.74, 6) is -0.357. The van der Waals surface area contributed by atoms with Crippen LogP contribution in [0.5, 0.6) is 5.75 Å². The molecule has 1 aromatic carbocycles. The molecule has 1 unspecified atom stereocenters. The first kappa shape index (κ1) is 16.4. The van der Waals surface area contributed by atoms with Crippen molar-refractivity contribution in [2.24, 2.45) is 0 Å². The summed E-state index contributed by atoms with van der Waals surface area (Å²) in [5.41, 5.74) is 0.583. The van der Waals surface area contributed by atoms with Crippen LogP contribution in [0.3, 0.4) is 0 Å². The van der Waals surface area contributed by atoms with Gasteiger partial charge in [0, 0.05) is 5.54 Å². The van der Waals surface area contributed by atoms with Gasteiger partial charge >= 0.3 is 0 Å². The monoisotopic (exact) mass is 282 g/mol. The first-order valence-electron chi connectivity index (χ1n) is 6.61. The third kappa shape index (κ3) is 5.17. The molecule has 0 heterocycles. The maximum Gasteiger partial charge on any atom is 0.234 e. The molecule has 0 aromatic heterocycles. The first-order chi connectivity index (χ1) is 9.23. The number of rotatable bonds is 5. The topological polar surface area (TPSA) is 50.4 Å². The summed E-state index contributed by atoms with van der Waals surface area (Å²) >= 11 is 0. The first-order valence-corrected chi connectivity index (χ1v) is 6.61. The van der Waals surface area contributed by atoms with Crippen LogP contribution >= 0.6 is 0 Å². The molecule has 0 aliphatic heterocycles. The van der Waals surface area contributed by atoms with E-state index in [1.807, 2.05) is 27.7 Å². The average Bonchev–Trinajstić information content (AvgIpc) is 2.35. The lowest BCUT2D eigenvalue weighted by Gasteiger charge is -2.21. The van der Waals surface area contributed by atoms with Gasteiger partial charge in [-0.3, -0.25) is 4.79 Å². The van der Waals surface area contributed by atoms with Crippen LogP contribution in [0.25, 0.3) is 0 Å². The fraction of sp³-hybridized carbons (Fsp3) is 0.533. The molecule has 1 rings (SSSR count). The Morgan fingerprint density at radius 2 is 2.05 bits per heavy atom. The van der Waals surface area contributed by atoms with Crippen molar-refractivity contribution in [3.05, 3.63) is 29.6 Å². The zero-order valence-corrected chi connectivity index (χ0v) is 12.7. The molecule has 0 aliphatic rings. The van der Waals surface area contributed by atoms with Crippen molar-refractivity contribution >= 4 is 5.91 Å². The predicted molar refractivity (Wildman–Crippen MR) is 77.3 cm³/mol. The average molecular weight is 282 g/mol. The van der Waals surface area contributed by atoms with Gasteiger partial charge in [-0.05, 0) is 45.4 Å². The highest BCUT2D eigenvalue weighted by Crippen LogP contribution is 2.21. The summed E-state index contributed by atoms with van der Waals surface area (Å²) in [7, 11) is 1.42. The Kier molecular flexibility index (Phi) is 5.51. The molecule has 0 bridgehead atoms. The molecule has 0 aliphatic carbocycles. The van der Waals surface area contributed by atoms with E-state index in [4.69, 9.17) is 4.74 Å². The quantitative estimate of drug-likeness (QED) is 0.872. The molecular formula is C15H23FN2O2. The summed E-state index contributed by atoms with van der Waals surface area (Å²) in [6.07, 6.45) is 0. The van der Waals surface area contributed by atoms with Crippen LogP contribution in [-0.2, 0) is 4.79 Å². The van der Waals surface area contributed by atoms with E-state index in [9.17, 15) is 9.18 Å². The molecule has 0 spiro atoms. The standard InChI is InChI=1S/C15H23FN2O2/c1-10(18-14(19)9-17-15(2,3)4)11-6-7-13(20-5)12(16)8-11/h6-8,10,17H,9H2,1-5H3,(H,18,19). The van der Waals surface area contributed by atoms with E-state index in [1.54, 1.807) is 12.1 Å². The van der Waals surface area contributed by atoms with Gasteiger partial charge in [0.25, 0.3) is 0 Å². The number of halogens is 1. The second kappa shape index (κ2) is 6.70. The minimum Gasteiger partial charge on any atom is -0.494 e. The van der Waals surface area contributed by atoms with E-state index < -0.39 is 5.82 Å². The van der Waals surface area contributed by atoms with Crippen molar-refractivity contribution in [2.45, 2.75) is 39.3 Å². The lowest BCUT2D eigenvalue weighted by molar-refractivity contribution is -0.121. The van der Waals surface area contributed by atoms with Crippen molar-refractivity contribution < 1.29 is 13.9 Å². The number of ether oxygens (including phenoxy) is 1. The highest BCUT2D eigenvalue weighted by molar-refractivity contribution is 5.78. The van der Waals surface area contributed by atoms with E-state index >= 15 is 0 Å². The summed E-state index contributed by atoms with van der Waals surface area (Å²) in [4.78, 5) is 11.8. The maximum atomic E-state index is 13.6. The van der Waals surface area contributed by atoms with Gasteiger partial charge in [0.2, 0.25) is 5.91 Å². The highest BCUT2D eigenvalue weighted by Gasteiger charge is 2.14. The van der Waals surface area contributed by atoms with Gasteiger partial charge in [0.05, 0.1) is 19.7 Å². The van der Waals surface area contributed by atoms with Gasteiger partial charge in [-0.1, -0.05) is 6.07 Å². The number of methoxy groups -OCH3 is 1. The molecule has 0 fully saturated rings. The lowest BCUT2D eigenvalue weighted by atomic mass is 10.1. The Morgan fingerprint density at radius 1 is 1.40 bits per heavy atom. The Bertz CT molecular complexity index is 469. The molecular weight excluding hydrogens is 259 g/mol. The van der Waals surface area contributed by atoms with Crippen LogP contribution in [0.2, 0.25) is 0 Å². The number of benzene rings is 1. The van der Waals surface area contributed by atoms with E-state index in [2.05, 4.69) is 10.6 Å². The highest BCUT2D eigenvalue weighted by atomic mass is 19.1. The van der Waals surface area contributed by atoms with Crippen molar-refractivity contribution in [1.29, 1.82) is 0 Å². The normalized spacial score (nSPS) is 12.9. The fourth-order valence-corrected chi connectivity index (χ4v) is 1.67. The molecule has 1 aromatic rings. The SMILES string of the molecule is COc1ccc(C(C)NC(=O)CNC(C)(C)C)cc1F. The molecule has 112 valence electrons. The van der Waals surface area contributed by atoms with E-state index in [0.717, 1.165) is 0 Å². The number of amides is 1. The summed E-state index contributed by atoms with van der Waals surface area (Å²) < 4.78 is 18.5. The van der Waals surface area contributed by atoms with Crippen LogP contribution in [0.15, 0.2) is 18.2 Å². The van der Waals surface area contributed by atoms with Gasteiger partial charge in [-0.2, -0.15) is 0 Å². The van der Waals surface area contributed by atoms with E-state index in [1.165, 1.54) is 13.2 Å². The number of nitrogens with one attached hydrogen (secondary N) is 2. The molecule has 4 nitrogen and oxygen atoms in total. The summed E-state index contributed by atoms with van der Waals surface area (Å²) in [6, 6.07) is 4.41. The van der Waals surface area contributed by atoms with E-state index in [0.29, 0.717) is 5.56 Å². The Balaban J connectivity index is 2.60. The van der Waals surface area contributed by atoms with Crippen molar-refractivity contribution in [3.63, 3.8) is 0 Å². The number of hydrogen-bond acceptors (Lipinski definition) is 3. The molecule has 1 amide bonds. The fourth-order valence-electron chi connectivity index (χ4n) is 1.67. The smallest absolute Gasteiger partial charge is 0.234 e. The molecule has 1 atom stereocenters. The zero-order valence-electron chi connectivity index (χ0n) is 12.7. The number of carbonyl (C=O) groups is 1. The summed E-state index contributed by atoms with van der Waals surface area (Å²) in [5, 5.41) is 5.93. The minimum atomic E-state index is -0.432. The predicted octanol–water partition coefficient (Wildman–Crippen LogP) is 2.40. The molecule has 20 heavy (non-hydrogen) atoms. The number of hydrogen-bond donors (Lipinski definition) is 2. The maximum absolute atomic E-state index is 13.6. The van der Waals surface area contributed by atoms with Crippen LogP contribution in [0.4, 0.5) is 4.39 Å². The van der Waals surface area contributed by atoms with Gasteiger partial charge in [-0.25, -0.2) is 4.39 Å². The second-order valence-electron chi connectivity index (χ2n) is 5.79. The Morgan fingerprint density at radius 3 is 2.55 bits per heavy atom. The van der Waals surface area contributed by atoms with Gasteiger partial charge in [0.1, 0.15) is 0 Å². The molecule has 5 heteroatoms. The van der Waals surface area contributed by atoms with Crippen LogP contribution in [-0.4, -0.2) is 25.1 Å². The van der Waals surface area contributed by atoms with Crippen LogP contribution in [0, 0.1) is 5.82 Å². The molecule has 2 N–H and O–H groups in total. The van der Waals surface area contributed by atoms with Crippen molar-refractivity contribution in [1.82, 2.24) is 10.6 Å². The van der Waals surface area contributed by atoms with Crippen LogP contribution < -0.4 is 15.4 Å². The van der Waals surface area contributed by atoms with E-state index in [-0.39, 0.29) is 29.8 Å². The molecule has 0 saturated carbocycles. The van der Waals surface area contributed by atoms with Gasteiger partial charge < -0.3 is 15.4 Å². The van der Waals surface area contributed by atoms with Gasteiger partial charge in [-0.15, -0.1) is 0 Å². The largest absolute Gasteiger partial charge is 0.494 e. The number of carbonyl (C=O) groups excluding carboxylic acids is 1. The lowest BCUT2D eigenvalue weighted by Crippen LogP contribution is -2.43.